The van der Waals surface area contributed by atoms with Gasteiger partial charge in [-0.15, -0.1) is 0 Å². The molecule has 27 heavy (non-hydrogen) atoms. The average molecular weight is 422 g/mol. The fourth-order valence-corrected chi connectivity index (χ4v) is 4.51. The van der Waals surface area contributed by atoms with Gasteiger partial charge in [0.25, 0.3) is 0 Å². The number of hydrogen-bond donors (Lipinski definition) is 2. The molecule has 2 heterocycles. The molecule has 0 saturated heterocycles. The smallest absolute Gasteiger partial charge is 0.314 e. The van der Waals surface area contributed by atoms with Crippen molar-refractivity contribution in [1.29, 1.82) is 0 Å². The van der Waals surface area contributed by atoms with Gasteiger partial charge in [-0.2, -0.15) is 0 Å². The SMILES string of the molecule is COC(=O)C1CN(SNc2cccc(Cl)c2)Cc2[nH]c3ccc(Cl)cc3c21. The van der Waals surface area contributed by atoms with Crippen LogP contribution in [0.15, 0.2) is 42.5 Å². The van der Waals surface area contributed by atoms with E-state index in [1.165, 1.54) is 19.2 Å². The molecule has 4 rings (SSSR count). The molecule has 1 aliphatic heterocycles. The lowest BCUT2D eigenvalue weighted by Crippen LogP contribution is -2.34. The number of carbonyl (C=O) groups excluding carboxylic acids is 1. The predicted octanol–water partition coefficient (Wildman–Crippen LogP) is 5.22. The molecular formula is C19H17Cl2N3O2S. The lowest BCUT2D eigenvalue weighted by molar-refractivity contribution is -0.142. The third kappa shape index (κ3) is 3.75. The van der Waals surface area contributed by atoms with Crippen LogP contribution >= 0.6 is 35.3 Å². The number of carbonyl (C=O) groups is 1. The van der Waals surface area contributed by atoms with Crippen molar-refractivity contribution in [2.75, 3.05) is 18.4 Å². The molecule has 0 saturated carbocycles. The third-order valence-corrected chi connectivity index (χ3v) is 5.89. The molecule has 0 bridgehead atoms. The molecule has 8 heteroatoms. The quantitative estimate of drug-likeness (QED) is 0.446. The maximum absolute atomic E-state index is 12.5. The monoisotopic (exact) mass is 421 g/mol. The van der Waals surface area contributed by atoms with E-state index in [-0.39, 0.29) is 11.9 Å². The fourth-order valence-electron chi connectivity index (χ4n) is 3.37. The first-order chi connectivity index (χ1) is 13.0. The van der Waals surface area contributed by atoms with E-state index >= 15 is 0 Å². The Labute approximate surface area is 171 Å². The van der Waals surface area contributed by atoms with Crippen LogP contribution in [0.3, 0.4) is 0 Å². The number of halogens is 2. The first-order valence-corrected chi connectivity index (χ1v) is 9.89. The first kappa shape index (κ1) is 18.5. The van der Waals surface area contributed by atoms with Crippen molar-refractivity contribution in [2.45, 2.75) is 12.5 Å². The molecule has 1 aliphatic rings. The van der Waals surface area contributed by atoms with Crippen molar-refractivity contribution >= 4 is 57.9 Å². The number of anilines is 1. The summed E-state index contributed by atoms with van der Waals surface area (Å²) in [5, 5.41) is 2.29. The molecule has 0 aliphatic carbocycles. The van der Waals surface area contributed by atoms with Crippen LogP contribution in [0.4, 0.5) is 5.69 Å². The zero-order valence-corrected chi connectivity index (χ0v) is 16.8. The zero-order chi connectivity index (χ0) is 19.0. The second kappa shape index (κ2) is 7.64. The number of esters is 1. The maximum atomic E-state index is 12.5. The van der Waals surface area contributed by atoms with E-state index < -0.39 is 0 Å². The average Bonchev–Trinajstić information content (AvgIpc) is 3.02. The highest BCUT2D eigenvalue weighted by Gasteiger charge is 2.34. The maximum Gasteiger partial charge on any atom is 0.314 e. The van der Waals surface area contributed by atoms with Gasteiger partial charge in [0.1, 0.15) is 0 Å². The normalized spacial score (nSPS) is 16.9. The largest absolute Gasteiger partial charge is 0.469 e. The Morgan fingerprint density at radius 2 is 2.07 bits per heavy atom. The van der Waals surface area contributed by atoms with E-state index in [0.29, 0.717) is 23.1 Å². The van der Waals surface area contributed by atoms with Crippen LogP contribution in [-0.2, 0) is 16.1 Å². The molecule has 2 N–H and O–H groups in total. The van der Waals surface area contributed by atoms with Gasteiger partial charge in [0, 0.05) is 51.0 Å². The van der Waals surface area contributed by atoms with Crippen molar-refractivity contribution < 1.29 is 9.53 Å². The Bertz CT molecular complexity index is 1010. The third-order valence-electron chi connectivity index (χ3n) is 4.55. The van der Waals surface area contributed by atoms with E-state index in [0.717, 1.165) is 27.8 Å². The summed E-state index contributed by atoms with van der Waals surface area (Å²) in [6.45, 7) is 1.19. The van der Waals surface area contributed by atoms with E-state index in [4.69, 9.17) is 27.9 Å². The minimum Gasteiger partial charge on any atom is -0.469 e. The number of nitrogens with zero attached hydrogens (tertiary/aromatic N) is 1. The summed E-state index contributed by atoms with van der Waals surface area (Å²) in [5.41, 5.74) is 3.83. The summed E-state index contributed by atoms with van der Waals surface area (Å²) in [5.74, 6) is -0.648. The zero-order valence-electron chi connectivity index (χ0n) is 14.5. The number of methoxy groups -OCH3 is 1. The van der Waals surface area contributed by atoms with Gasteiger partial charge in [0.05, 0.1) is 19.6 Å². The minimum absolute atomic E-state index is 0.259. The van der Waals surface area contributed by atoms with Gasteiger partial charge in [-0.25, -0.2) is 4.31 Å². The van der Waals surface area contributed by atoms with Gasteiger partial charge in [-0.3, -0.25) is 4.79 Å². The lowest BCUT2D eigenvalue weighted by atomic mass is 9.93. The molecular weight excluding hydrogens is 405 g/mol. The number of benzene rings is 2. The van der Waals surface area contributed by atoms with Gasteiger partial charge in [0.2, 0.25) is 0 Å². The van der Waals surface area contributed by atoms with Crippen molar-refractivity contribution in [1.82, 2.24) is 9.29 Å². The molecule has 2 aromatic carbocycles. The summed E-state index contributed by atoms with van der Waals surface area (Å²) < 4.78 is 10.4. The Balaban J connectivity index is 1.63. The number of aromatic nitrogens is 1. The van der Waals surface area contributed by atoms with Crippen LogP contribution in [0.25, 0.3) is 10.9 Å². The van der Waals surface area contributed by atoms with Crippen LogP contribution in [0, 0.1) is 0 Å². The number of fused-ring (bicyclic) bond motifs is 3. The predicted molar refractivity (Wildman–Crippen MR) is 111 cm³/mol. The molecule has 5 nitrogen and oxygen atoms in total. The van der Waals surface area contributed by atoms with Gasteiger partial charge in [-0.1, -0.05) is 29.3 Å². The van der Waals surface area contributed by atoms with Crippen molar-refractivity contribution in [2.24, 2.45) is 0 Å². The summed E-state index contributed by atoms with van der Waals surface area (Å²) in [7, 11) is 1.42. The molecule has 1 atom stereocenters. The number of hydrogen-bond acceptors (Lipinski definition) is 5. The Morgan fingerprint density at radius 1 is 1.26 bits per heavy atom. The van der Waals surface area contributed by atoms with E-state index in [1.807, 2.05) is 42.5 Å². The van der Waals surface area contributed by atoms with Gasteiger partial charge in [-0.05, 0) is 42.0 Å². The molecule has 1 aromatic heterocycles. The summed E-state index contributed by atoms with van der Waals surface area (Å²) in [6, 6.07) is 13.2. The van der Waals surface area contributed by atoms with E-state index in [9.17, 15) is 4.79 Å². The summed E-state index contributed by atoms with van der Waals surface area (Å²) in [4.78, 5) is 15.9. The van der Waals surface area contributed by atoms with Crippen LogP contribution in [0.5, 0.6) is 0 Å². The van der Waals surface area contributed by atoms with Gasteiger partial charge >= 0.3 is 5.97 Å². The summed E-state index contributed by atoms with van der Waals surface area (Å²) >= 11 is 13.6. The lowest BCUT2D eigenvalue weighted by Gasteiger charge is -2.30. The molecule has 3 aromatic rings. The topological polar surface area (TPSA) is 57.4 Å². The Kier molecular flexibility index (Phi) is 5.23. The fraction of sp³-hybridized carbons (Fsp3) is 0.211. The minimum atomic E-state index is -0.389. The number of rotatable bonds is 4. The Hall–Kier alpha value is -1.86. The van der Waals surface area contributed by atoms with Crippen LogP contribution in [0.1, 0.15) is 17.2 Å². The van der Waals surface area contributed by atoms with E-state index in [1.54, 1.807) is 0 Å². The molecule has 140 valence electrons. The second-order valence-electron chi connectivity index (χ2n) is 6.31. The highest BCUT2D eigenvalue weighted by Crippen LogP contribution is 2.38. The van der Waals surface area contributed by atoms with Crippen molar-refractivity contribution in [3.05, 3.63) is 63.8 Å². The molecule has 0 radical (unpaired) electrons. The number of nitrogens with one attached hydrogen (secondary N) is 2. The molecule has 0 amide bonds. The number of aromatic amines is 1. The molecule has 0 spiro atoms. The van der Waals surface area contributed by atoms with E-state index in [2.05, 4.69) is 14.0 Å². The van der Waals surface area contributed by atoms with Crippen LogP contribution < -0.4 is 4.72 Å². The van der Waals surface area contributed by atoms with Crippen LogP contribution in [0.2, 0.25) is 10.0 Å². The van der Waals surface area contributed by atoms with Crippen LogP contribution in [-0.4, -0.2) is 28.9 Å². The standard InChI is InChI=1S/C19H17Cl2N3O2S/c1-26-19(25)15-9-24(27-23-13-4-2-3-11(20)7-13)10-17-18(15)14-8-12(21)5-6-16(14)22-17/h2-8,15,22-23H,9-10H2,1H3. The number of ether oxygens (including phenoxy) is 1. The number of H-pyrrole nitrogens is 1. The highest BCUT2D eigenvalue weighted by molar-refractivity contribution is 7.98. The summed E-state index contributed by atoms with van der Waals surface area (Å²) in [6.07, 6.45) is 0. The second-order valence-corrected chi connectivity index (χ2v) is 8.09. The highest BCUT2D eigenvalue weighted by atomic mass is 35.5. The first-order valence-electron chi connectivity index (χ1n) is 8.36. The van der Waals surface area contributed by atoms with Gasteiger partial charge < -0.3 is 14.4 Å². The molecule has 0 fully saturated rings. The van der Waals surface area contributed by atoms with Crippen molar-refractivity contribution in [3.8, 4) is 0 Å². The Morgan fingerprint density at radius 3 is 2.85 bits per heavy atom. The molecule has 1 unspecified atom stereocenters. The van der Waals surface area contributed by atoms with Crippen molar-refractivity contribution in [3.63, 3.8) is 0 Å². The van der Waals surface area contributed by atoms with Gasteiger partial charge in [0.15, 0.2) is 0 Å².